The first kappa shape index (κ1) is 6.36. The summed E-state index contributed by atoms with van der Waals surface area (Å²) in [4.78, 5) is 10.7. The second-order valence-corrected chi connectivity index (χ2v) is 3.02. The Morgan fingerprint density at radius 3 is 3.27 bits per heavy atom. The van der Waals surface area contributed by atoms with Gasteiger partial charge >= 0.3 is 0 Å². The van der Waals surface area contributed by atoms with Crippen molar-refractivity contribution in [1.82, 2.24) is 10.2 Å². The summed E-state index contributed by atoms with van der Waals surface area (Å²) in [5.41, 5.74) is 6.26. The van der Waals surface area contributed by atoms with Crippen LogP contribution < -0.4 is 5.73 Å². The maximum Gasteiger partial charge on any atom is 0.270 e. The Labute approximate surface area is 66.0 Å². The molecule has 2 aromatic rings. The van der Waals surface area contributed by atoms with Crippen LogP contribution in [0.25, 0.3) is 10.2 Å². The van der Waals surface area contributed by atoms with Gasteiger partial charge in [-0.05, 0) is 11.4 Å². The molecule has 2 aromatic heterocycles. The molecule has 0 aliphatic carbocycles. The molecule has 2 heterocycles. The number of nitrogens with two attached hydrogens (primary N) is 1. The average Bonchev–Trinajstić information content (AvgIpc) is 2.41. The molecule has 0 aliphatic heterocycles. The predicted molar refractivity (Wildman–Crippen MR) is 42.5 cm³/mol. The van der Waals surface area contributed by atoms with E-state index in [1.165, 1.54) is 11.3 Å². The van der Waals surface area contributed by atoms with Crippen LogP contribution in [0, 0.1) is 0 Å². The number of primary amides is 1. The molecule has 0 bridgehead atoms. The van der Waals surface area contributed by atoms with Gasteiger partial charge in [-0.25, -0.2) is 0 Å². The quantitative estimate of drug-likeness (QED) is 0.657. The summed E-state index contributed by atoms with van der Waals surface area (Å²) < 4.78 is 0.831. The van der Waals surface area contributed by atoms with Gasteiger partial charge in [0.25, 0.3) is 5.91 Å². The highest BCUT2D eigenvalue weighted by Crippen LogP contribution is 2.21. The molecule has 0 atom stereocenters. The molecule has 0 fully saturated rings. The summed E-state index contributed by atoms with van der Waals surface area (Å²) in [7, 11) is 0. The zero-order chi connectivity index (χ0) is 7.84. The van der Waals surface area contributed by atoms with Crippen LogP contribution in [0.4, 0.5) is 0 Å². The molecule has 3 N–H and O–H groups in total. The molecule has 1 amide bonds. The SMILES string of the molecule is NC(=O)c1n[nH]c2ccsc12. The first-order valence-corrected chi connectivity index (χ1v) is 3.88. The third-order valence-electron chi connectivity index (χ3n) is 1.40. The molecular formula is C6H5N3OS. The highest BCUT2D eigenvalue weighted by Gasteiger charge is 2.10. The van der Waals surface area contributed by atoms with E-state index in [-0.39, 0.29) is 0 Å². The molecule has 5 heteroatoms. The van der Waals surface area contributed by atoms with Gasteiger partial charge in [-0.3, -0.25) is 9.89 Å². The maximum absolute atomic E-state index is 10.7. The lowest BCUT2D eigenvalue weighted by Crippen LogP contribution is -2.11. The number of amides is 1. The monoisotopic (exact) mass is 167 g/mol. The average molecular weight is 167 g/mol. The van der Waals surface area contributed by atoms with Crippen LogP contribution in [0.3, 0.4) is 0 Å². The lowest BCUT2D eigenvalue weighted by Gasteiger charge is -1.82. The zero-order valence-electron chi connectivity index (χ0n) is 5.50. The van der Waals surface area contributed by atoms with E-state index in [1.54, 1.807) is 0 Å². The van der Waals surface area contributed by atoms with Gasteiger partial charge in [-0.2, -0.15) is 5.10 Å². The van der Waals surface area contributed by atoms with Crippen LogP contribution >= 0.6 is 11.3 Å². The summed E-state index contributed by atoms with van der Waals surface area (Å²) in [6, 6.07) is 1.86. The Morgan fingerprint density at radius 2 is 2.55 bits per heavy atom. The van der Waals surface area contributed by atoms with Crippen molar-refractivity contribution in [3.8, 4) is 0 Å². The lowest BCUT2D eigenvalue weighted by molar-refractivity contribution is 0.0997. The molecule has 0 aromatic carbocycles. The fourth-order valence-electron chi connectivity index (χ4n) is 0.915. The van der Waals surface area contributed by atoms with E-state index in [4.69, 9.17) is 5.73 Å². The number of carbonyl (C=O) groups excluding carboxylic acids is 1. The van der Waals surface area contributed by atoms with Crippen molar-refractivity contribution >= 4 is 27.5 Å². The van der Waals surface area contributed by atoms with Crippen molar-refractivity contribution in [2.75, 3.05) is 0 Å². The summed E-state index contributed by atoms with van der Waals surface area (Å²) in [5.74, 6) is -0.487. The summed E-state index contributed by atoms with van der Waals surface area (Å²) in [6.45, 7) is 0. The van der Waals surface area contributed by atoms with Crippen LogP contribution in [-0.2, 0) is 0 Å². The maximum atomic E-state index is 10.7. The van der Waals surface area contributed by atoms with E-state index in [0.29, 0.717) is 5.69 Å². The minimum atomic E-state index is -0.487. The van der Waals surface area contributed by atoms with E-state index >= 15 is 0 Å². The number of thiophene rings is 1. The Hall–Kier alpha value is -1.36. The van der Waals surface area contributed by atoms with Crippen molar-refractivity contribution in [3.63, 3.8) is 0 Å². The topological polar surface area (TPSA) is 71.8 Å². The van der Waals surface area contributed by atoms with Crippen LogP contribution in [0.2, 0.25) is 0 Å². The van der Waals surface area contributed by atoms with Gasteiger partial charge in [0.15, 0.2) is 5.69 Å². The minimum Gasteiger partial charge on any atom is -0.364 e. The number of aromatic nitrogens is 2. The van der Waals surface area contributed by atoms with Crippen molar-refractivity contribution in [2.45, 2.75) is 0 Å². The third kappa shape index (κ3) is 0.813. The van der Waals surface area contributed by atoms with E-state index in [0.717, 1.165) is 10.2 Å². The number of hydrogen-bond donors (Lipinski definition) is 2. The molecule has 0 saturated carbocycles. The summed E-state index contributed by atoms with van der Waals surface area (Å²) in [6.07, 6.45) is 0. The Morgan fingerprint density at radius 1 is 1.73 bits per heavy atom. The van der Waals surface area contributed by atoms with Gasteiger partial charge in [-0.1, -0.05) is 0 Å². The number of nitrogens with one attached hydrogen (secondary N) is 1. The van der Waals surface area contributed by atoms with Gasteiger partial charge in [0.05, 0.1) is 10.2 Å². The molecule has 2 rings (SSSR count). The first-order valence-electron chi connectivity index (χ1n) is 3.00. The number of aromatic amines is 1. The Kier molecular flexibility index (Phi) is 1.19. The van der Waals surface area contributed by atoms with E-state index in [1.807, 2.05) is 11.4 Å². The standard InChI is InChI=1S/C6H5N3OS/c7-6(10)4-5-3(8-9-4)1-2-11-5/h1-2H,(H2,7,10)(H,8,9). The zero-order valence-corrected chi connectivity index (χ0v) is 6.31. The lowest BCUT2D eigenvalue weighted by atomic mass is 10.4. The van der Waals surface area contributed by atoms with Crippen LogP contribution in [-0.4, -0.2) is 16.1 Å². The number of carbonyl (C=O) groups is 1. The molecule has 0 aliphatic rings. The second-order valence-electron chi connectivity index (χ2n) is 2.10. The van der Waals surface area contributed by atoms with Gasteiger partial charge in [0.2, 0.25) is 0 Å². The Bertz CT molecular complexity index is 403. The van der Waals surface area contributed by atoms with E-state index < -0.39 is 5.91 Å². The fraction of sp³-hybridized carbons (Fsp3) is 0. The molecular weight excluding hydrogens is 162 g/mol. The molecule has 11 heavy (non-hydrogen) atoms. The molecule has 56 valence electrons. The van der Waals surface area contributed by atoms with Crippen molar-refractivity contribution in [2.24, 2.45) is 5.73 Å². The number of hydrogen-bond acceptors (Lipinski definition) is 3. The molecule has 0 unspecified atom stereocenters. The predicted octanol–water partition coefficient (Wildman–Crippen LogP) is 0.723. The molecule has 4 nitrogen and oxygen atoms in total. The second kappa shape index (κ2) is 2.06. The minimum absolute atomic E-state index is 0.329. The number of rotatable bonds is 1. The van der Waals surface area contributed by atoms with Crippen LogP contribution in [0.15, 0.2) is 11.4 Å². The molecule has 0 radical (unpaired) electrons. The van der Waals surface area contributed by atoms with E-state index in [9.17, 15) is 4.79 Å². The van der Waals surface area contributed by atoms with Crippen LogP contribution in [0.5, 0.6) is 0 Å². The van der Waals surface area contributed by atoms with Gasteiger partial charge in [0, 0.05) is 0 Å². The normalized spacial score (nSPS) is 10.5. The highest BCUT2D eigenvalue weighted by molar-refractivity contribution is 7.17. The first-order chi connectivity index (χ1) is 5.29. The summed E-state index contributed by atoms with van der Waals surface area (Å²) >= 11 is 1.45. The van der Waals surface area contributed by atoms with Crippen molar-refractivity contribution < 1.29 is 4.79 Å². The molecule has 0 saturated heterocycles. The van der Waals surface area contributed by atoms with Gasteiger partial charge in [-0.15, -0.1) is 11.3 Å². The number of fused-ring (bicyclic) bond motifs is 1. The van der Waals surface area contributed by atoms with Gasteiger partial charge < -0.3 is 5.73 Å². The van der Waals surface area contributed by atoms with Gasteiger partial charge in [0.1, 0.15) is 0 Å². The number of nitrogens with zero attached hydrogens (tertiary/aromatic N) is 1. The van der Waals surface area contributed by atoms with Crippen molar-refractivity contribution in [3.05, 3.63) is 17.1 Å². The summed E-state index contributed by atoms with van der Waals surface area (Å²) in [5, 5.41) is 8.36. The number of H-pyrrole nitrogens is 1. The largest absolute Gasteiger partial charge is 0.364 e. The fourth-order valence-corrected chi connectivity index (χ4v) is 1.75. The van der Waals surface area contributed by atoms with Crippen LogP contribution in [0.1, 0.15) is 10.5 Å². The highest BCUT2D eigenvalue weighted by atomic mass is 32.1. The molecule has 0 spiro atoms. The third-order valence-corrected chi connectivity index (χ3v) is 2.32. The van der Waals surface area contributed by atoms with E-state index in [2.05, 4.69) is 10.2 Å². The van der Waals surface area contributed by atoms with Crippen molar-refractivity contribution in [1.29, 1.82) is 0 Å². The Balaban J connectivity index is 2.78. The smallest absolute Gasteiger partial charge is 0.270 e.